The highest BCUT2D eigenvalue weighted by Crippen LogP contribution is 2.42. The lowest BCUT2D eigenvalue weighted by molar-refractivity contribution is -0.149. The third-order valence-corrected chi connectivity index (χ3v) is 8.47. The van der Waals surface area contributed by atoms with Gasteiger partial charge in [-0.25, -0.2) is 9.59 Å². The Balaban J connectivity index is 1.28. The molecule has 2 fully saturated rings. The molecule has 10 nitrogen and oxygen atoms in total. The summed E-state index contributed by atoms with van der Waals surface area (Å²) in [6.07, 6.45) is 7.16. The molecule has 2 saturated heterocycles. The summed E-state index contributed by atoms with van der Waals surface area (Å²) >= 11 is 0. The Kier molecular flexibility index (Phi) is 7.61. The zero-order valence-electron chi connectivity index (χ0n) is 24.9. The number of esters is 1. The number of urea groups is 1. The maximum atomic E-state index is 13.4. The van der Waals surface area contributed by atoms with Gasteiger partial charge in [-0.2, -0.15) is 0 Å². The van der Waals surface area contributed by atoms with E-state index in [2.05, 4.69) is 27.7 Å². The molecule has 42 heavy (non-hydrogen) atoms. The number of allylic oxidation sites excluding steroid dienone is 2. The number of carbonyl (C=O) groups excluding carboxylic acids is 3. The molecule has 0 radical (unpaired) electrons. The summed E-state index contributed by atoms with van der Waals surface area (Å²) in [4.78, 5) is 44.1. The van der Waals surface area contributed by atoms with Crippen molar-refractivity contribution in [2.75, 3.05) is 53.0 Å². The summed E-state index contributed by atoms with van der Waals surface area (Å²) in [7, 11) is 1.56. The lowest BCUT2D eigenvalue weighted by atomic mass is 9.95. The van der Waals surface area contributed by atoms with Gasteiger partial charge in [0.1, 0.15) is 18.0 Å². The zero-order chi connectivity index (χ0) is 29.6. The van der Waals surface area contributed by atoms with Crippen LogP contribution in [0.2, 0.25) is 0 Å². The molecule has 2 unspecified atom stereocenters. The summed E-state index contributed by atoms with van der Waals surface area (Å²) in [5.74, 6) is 0.390. The number of likely N-dealkylation sites (N-methyl/N-ethyl adjacent to an activating group) is 1. The lowest BCUT2D eigenvalue weighted by Crippen LogP contribution is -2.38. The fourth-order valence-corrected chi connectivity index (χ4v) is 6.36. The maximum absolute atomic E-state index is 13.4. The van der Waals surface area contributed by atoms with Crippen molar-refractivity contribution in [3.05, 3.63) is 53.3 Å². The van der Waals surface area contributed by atoms with Crippen LogP contribution in [0.1, 0.15) is 44.5 Å². The van der Waals surface area contributed by atoms with Crippen LogP contribution in [0.4, 0.5) is 4.79 Å². The summed E-state index contributed by atoms with van der Waals surface area (Å²) in [5.41, 5.74) is 3.02. The van der Waals surface area contributed by atoms with E-state index in [1.165, 1.54) is 4.90 Å². The standard InChI is InChI=1S/C32H40N4O6/c1-32(2,3)42-30(38)22-7-5-21(6-8-22)20-36-26-10-9-23(41-18-15-34-13-16-40-17-14-34)19-25(26)24-11-12-35-28(27(24)36)29(37)33(4)31(35)39/h5,7-10,19,21,28H,6,11-18,20H2,1-4H3. The Bertz CT molecular complexity index is 1460. The minimum Gasteiger partial charge on any atom is -0.492 e. The maximum Gasteiger partial charge on any atom is 0.338 e. The average Bonchev–Trinajstić information content (AvgIpc) is 3.39. The Morgan fingerprint density at radius 1 is 1.12 bits per heavy atom. The van der Waals surface area contributed by atoms with Crippen molar-refractivity contribution in [2.24, 2.45) is 5.92 Å². The third-order valence-electron chi connectivity index (χ3n) is 8.47. The van der Waals surface area contributed by atoms with Crippen LogP contribution in [0, 0.1) is 5.92 Å². The molecule has 3 amide bonds. The molecule has 0 saturated carbocycles. The van der Waals surface area contributed by atoms with Crippen molar-refractivity contribution < 1.29 is 28.6 Å². The molecule has 2 atom stereocenters. The Labute approximate surface area is 246 Å². The first-order valence-corrected chi connectivity index (χ1v) is 14.9. The van der Waals surface area contributed by atoms with Crippen molar-refractivity contribution in [3.63, 3.8) is 0 Å². The molecule has 4 aliphatic rings. The number of ether oxygens (including phenoxy) is 3. The van der Waals surface area contributed by atoms with E-state index in [-0.39, 0.29) is 23.8 Å². The molecule has 0 bridgehead atoms. The van der Waals surface area contributed by atoms with E-state index in [1.54, 1.807) is 11.9 Å². The van der Waals surface area contributed by atoms with Gasteiger partial charge in [-0.15, -0.1) is 0 Å². The van der Waals surface area contributed by atoms with E-state index in [0.29, 0.717) is 38.1 Å². The predicted molar refractivity (Wildman–Crippen MR) is 157 cm³/mol. The minimum atomic E-state index is -0.634. The second kappa shape index (κ2) is 11.2. The number of carbonyl (C=O) groups is 3. The van der Waals surface area contributed by atoms with Crippen molar-refractivity contribution in [1.82, 2.24) is 19.3 Å². The minimum absolute atomic E-state index is 0.112. The summed E-state index contributed by atoms with van der Waals surface area (Å²) in [6, 6.07) is 5.27. The van der Waals surface area contributed by atoms with Gasteiger partial charge in [-0.05, 0) is 63.3 Å². The molecular formula is C32H40N4O6. The van der Waals surface area contributed by atoms with Gasteiger partial charge < -0.3 is 23.7 Å². The highest BCUT2D eigenvalue weighted by atomic mass is 16.6. The largest absolute Gasteiger partial charge is 0.492 e. The number of morpholine rings is 1. The molecular weight excluding hydrogens is 536 g/mol. The number of rotatable bonds is 7. The van der Waals surface area contributed by atoms with Crippen molar-refractivity contribution in [2.45, 2.75) is 51.8 Å². The summed E-state index contributed by atoms with van der Waals surface area (Å²) < 4.78 is 19.4. The number of nitrogens with zero attached hydrogens (tertiary/aromatic N) is 4. The van der Waals surface area contributed by atoms with Gasteiger partial charge in [0.2, 0.25) is 0 Å². The number of amides is 3. The normalized spacial score (nSPS) is 22.8. The van der Waals surface area contributed by atoms with Crippen LogP contribution >= 0.6 is 0 Å². The van der Waals surface area contributed by atoms with Gasteiger partial charge in [0.05, 0.1) is 24.5 Å². The van der Waals surface area contributed by atoms with E-state index in [0.717, 1.165) is 60.8 Å². The lowest BCUT2D eigenvalue weighted by Gasteiger charge is -2.30. The second-order valence-corrected chi connectivity index (χ2v) is 12.5. The topological polar surface area (TPSA) is 93.6 Å². The van der Waals surface area contributed by atoms with Gasteiger partial charge in [-0.1, -0.05) is 18.2 Å². The Hall–Kier alpha value is -3.63. The van der Waals surface area contributed by atoms with E-state index < -0.39 is 11.6 Å². The van der Waals surface area contributed by atoms with Crippen LogP contribution in [0.15, 0.2) is 42.0 Å². The second-order valence-electron chi connectivity index (χ2n) is 12.5. The molecule has 0 N–H and O–H groups in total. The van der Waals surface area contributed by atoms with Crippen molar-refractivity contribution >= 4 is 28.8 Å². The number of hydrogen-bond acceptors (Lipinski definition) is 7. The van der Waals surface area contributed by atoms with E-state index >= 15 is 0 Å². The molecule has 1 aromatic carbocycles. The highest BCUT2D eigenvalue weighted by Gasteiger charge is 2.49. The number of hydrogen-bond donors (Lipinski definition) is 0. The van der Waals surface area contributed by atoms with Gasteiger partial charge in [0.25, 0.3) is 5.91 Å². The average molecular weight is 577 g/mol. The molecule has 2 aromatic rings. The molecule has 1 aliphatic carbocycles. The van der Waals surface area contributed by atoms with E-state index in [4.69, 9.17) is 14.2 Å². The third kappa shape index (κ3) is 5.45. The molecule has 1 aromatic heterocycles. The Morgan fingerprint density at radius 2 is 1.90 bits per heavy atom. The van der Waals surface area contributed by atoms with Crippen LogP contribution in [0.3, 0.4) is 0 Å². The van der Waals surface area contributed by atoms with Crippen molar-refractivity contribution in [3.8, 4) is 5.75 Å². The fourth-order valence-electron chi connectivity index (χ4n) is 6.36. The van der Waals surface area contributed by atoms with E-state index in [1.807, 2.05) is 39.0 Å². The van der Waals surface area contributed by atoms with Crippen LogP contribution in [0.5, 0.6) is 5.75 Å². The smallest absolute Gasteiger partial charge is 0.338 e. The molecule has 3 aliphatic heterocycles. The van der Waals surface area contributed by atoms with Gasteiger partial charge in [0.15, 0.2) is 6.04 Å². The van der Waals surface area contributed by atoms with Crippen LogP contribution < -0.4 is 4.74 Å². The number of imide groups is 1. The van der Waals surface area contributed by atoms with E-state index in [9.17, 15) is 14.4 Å². The molecule has 0 spiro atoms. The quantitative estimate of drug-likeness (QED) is 0.367. The summed E-state index contributed by atoms with van der Waals surface area (Å²) in [6.45, 7) is 11.5. The molecule has 4 heterocycles. The summed E-state index contributed by atoms with van der Waals surface area (Å²) in [5, 5.41) is 1.06. The van der Waals surface area contributed by atoms with Crippen LogP contribution in [-0.2, 0) is 32.0 Å². The molecule has 10 heteroatoms. The zero-order valence-corrected chi connectivity index (χ0v) is 24.9. The fraction of sp³-hybridized carbons (Fsp3) is 0.531. The first-order chi connectivity index (χ1) is 20.1. The number of aromatic nitrogens is 1. The SMILES string of the molecule is CN1C(=O)C2c3c(c4cc(OCCN5CCOCC5)ccc4n3CC3C=CC(C(=O)OC(C)(C)C)=CC3)CCN2C1=O. The van der Waals surface area contributed by atoms with Gasteiger partial charge in [-0.3, -0.25) is 14.6 Å². The van der Waals surface area contributed by atoms with Crippen molar-refractivity contribution in [1.29, 1.82) is 0 Å². The monoisotopic (exact) mass is 576 g/mol. The highest BCUT2D eigenvalue weighted by molar-refractivity contribution is 6.05. The molecule has 6 rings (SSSR count). The molecule has 224 valence electrons. The first-order valence-electron chi connectivity index (χ1n) is 14.9. The number of fused-ring (bicyclic) bond motifs is 5. The van der Waals surface area contributed by atoms with Crippen LogP contribution in [-0.4, -0.2) is 95.8 Å². The number of benzene rings is 1. The predicted octanol–water partition coefficient (Wildman–Crippen LogP) is 3.69. The van der Waals surface area contributed by atoms with Crippen LogP contribution in [0.25, 0.3) is 10.9 Å². The Morgan fingerprint density at radius 3 is 2.62 bits per heavy atom. The van der Waals surface area contributed by atoms with Gasteiger partial charge in [0, 0.05) is 50.7 Å². The first kappa shape index (κ1) is 28.5. The van der Waals surface area contributed by atoms with Gasteiger partial charge >= 0.3 is 12.0 Å².